The third-order valence-electron chi connectivity index (χ3n) is 4.72. The number of aliphatic carboxylic acids is 1. The van der Waals surface area contributed by atoms with Crippen LogP contribution in [0.15, 0.2) is 22.7 Å². The average molecular weight is 339 g/mol. The summed E-state index contributed by atoms with van der Waals surface area (Å²) in [7, 11) is 4.17. The fraction of sp³-hybridized carbons (Fsp3) is 0.533. The molecule has 0 saturated carbocycles. The second-order valence-corrected chi connectivity index (χ2v) is 6.83. The van der Waals surface area contributed by atoms with Gasteiger partial charge in [0.1, 0.15) is 0 Å². The lowest BCUT2D eigenvalue weighted by Gasteiger charge is -2.49. The Bertz CT molecular complexity index is 549. The number of hydrogen-bond acceptors (Lipinski definition) is 3. The average Bonchev–Trinajstić information content (AvgIpc) is 2.39. The van der Waals surface area contributed by atoms with E-state index >= 15 is 0 Å². The molecule has 108 valence electrons. The largest absolute Gasteiger partial charge is 0.481 e. The van der Waals surface area contributed by atoms with Crippen molar-refractivity contribution < 1.29 is 9.90 Å². The molecule has 3 unspecified atom stereocenters. The highest BCUT2D eigenvalue weighted by molar-refractivity contribution is 9.10. The van der Waals surface area contributed by atoms with Crippen LogP contribution in [0, 0.1) is 5.92 Å². The predicted molar refractivity (Wildman–Crippen MR) is 82.3 cm³/mol. The van der Waals surface area contributed by atoms with Crippen molar-refractivity contribution >= 4 is 27.6 Å². The molecule has 20 heavy (non-hydrogen) atoms. The fourth-order valence-electron chi connectivity index (χ4n) is 3.76. The van der Waals surface area contributed by atoms with Crippen molar-refractivity contribution in [1.82, 2.24) is 4.90 Å². The molecule has 1 N–H and O–H groups in total. The van der Waals surface area contributed by atoms with Crippen molar-refractivity contribution in [2.75, 3.05) is 32.1 Å². The molecule has 2 aliphatic rings. The number of carboxylic acids is 1. The van der Waals surface area contributed by atoms with Crippen molar-refractivity contribution in [3.8, 4) is 0 Å². The normalized spacial score (nSPS) is 29.8. The quantitative estimate of drug-likeness (QED) is 0.853. The maximum atomic E-state index is 11.8. The van der Waals surface area contributed by atoms with Gasteiger partial charge in [0.25, 0.3) is 0 Å². The summed E-state index contributed by atoms with van der Waals surface area (Å²) in [5.41, 5.74) is 2.00. The van der Waals surface area contributed by atoms with Gasteiger partial charge in [-0.1, -0.05) is 22.0 Å². The minimum atomic E-state index is -0.702. The van der Waals surface area contributed by atoms with Crippen LogP contribution in [-0.4, -0.2) is 49.2 Å². The van der Waals surface area contributed by atoms with E-state index in [2.05, 4.69) is 39.8 Å². The molecule has 1 saturated heterocycles. The van der Waals surface area contributed by atoms with Crippen LogP contribution in [0.25, 0.3) is 0 Å². The highest BCUT2D eigenvalue weighted by atomic mass is 79.9. The van der Waals surface area contributed by atoms with Crippen LogP contribution in [0.5, 0.6) is 0 Å². The molecule has 1 aromatic carbocycles. The number of rotatable bonds is 1. The zero-order chi connectivity index (χ0) is 14.4. The fourth-order valence-corrected chi connectivity index (χ4v) is 4.11. The van der Waals surface area contributed by atoms with Gasteiger partial charge in [0.15, 0.2) is 0 Å². The lowest BCUT2D eigenvalue weighted by Crippen LogP contribution is -2.55. The summed E-state index contributed by atoms with van der Waals surface area (Å²) < 4.78 is 0.999. The predicted octanol–water partition coefficient (Wildman–Crippen LogP) is 2.39. The Morgan fingerprint density at radius 3 is 2.85 bits per heavy atom. The molecule has 0 spiro atoms. The molecule has 1 fully saturated rings. The number of hydrogen-bond donors (Lipinski definition) is 1. The van der Waals surface area contributed by atoms with Gasteiger partial charge in [-0.05, 0) is 37.7 Å². The van der Waals surface area contributed by atoms with Gasteiger partial charge in [0, 0.05) is 35.7 Å². The second-order valence-electron chi connectivity index (χ2n) is 5.91. The van der Waals surface area contributed by atoms with Crippen LogP contribution in [0.1, 0.15) is 17.9 Å². The van der Waals surface area contributed by atoms with Gasteiger partial charge < -0.3 is 14.9 Å². The zero-order valence-electron chi connectivity index (χ0n) is 11.7. The number of piperidine rings is 1. The molecule has 0 bridgehead atoms. The summed E-state index contributed by atoms with van der Waals surface area (Å²) >= 11 is 3.49. The van der Waals surface area contributed by atoms with Gasteiger partial charge in [0.05, 0.1) is 5.92 Å². The van der Waals surface area contributed by atoms with Gasteiger partial charge in [-0.15, -0.1) is 0 Å². The van der Waals surface area contributed by atoms with Crippen LogP contribution < -0.4 is 4.90 Å². The highest BCUT2D eigenvalue weighted by Crippen LogP contribution is 2.45. The van der Waals surface area contributed by atoms with E-state index in [1.165, 1.54) is 0 Å². The Balaban J connectivity index is 2.11. The van der Waals surface area contributed by atoms with Gasteiger partial charge in [-0.3, -0.25) is 4.79 Å². The number of anilines is 1. The molecule has 2 aliphatic heterocycles. The molecule has 3 atom stereocenters. The lowest BCUT2D eigenvalue weighted by atomic mass is 9.73. The monoisotopic (exact) mass is 338 g/mol. The van der Waals surface area contributed by atoms with Crippen molar-refractivity contribution in [3.05, 3.63) is 28.2 Å². The molecule has 0 amide bonds. The van der Waals surface area contributed by atoms with Crippen LogP contribution in [-0.2, 0) is 4.79 Å². The zero-order valence-corrected chi connectivity index (χ0v) is 13.3. The molecular weight excluding hydrogens is 320 g/mol. The summed E-state index contributed by atoms with van der Waals surface area (Å²) in [6.45, 7) is 1.88. The minimum Gasteiger partial charge on any atom is -0.481 e. The molecule has 0 radical (unpaired) electrons. The maximum Gasteiger partial charge on any atom is 0.311 e. The number of carboxylic acid groups (broad SMARTS) is 1. The summed E-state index contributed by atoms with van der Waals surface area (Å²) in [4.78, 5) is 16.3. The van der Waals surface area contributed by atoms with Crippen molar-refractivity contribution in [3.63, 3.8) is 0 Å². The summed E-state index contributed by atoms with van der Waals surface area (Å²) in [5, 5.41) is 9.72. The topological polar surface area (TPSA) is 43.8 Å². The molecular formula is C15H19BrN2O2. The van der Waals surface area contributed by atoms with Crippen LogP contribution >= 0.6 is 15.9 Å². The van der Waals surface area contributed by atoms with Gasteiger partial charge in [-0.2, -0.15) is 0 Å². The SMILES string of the molecule is CN1CCC2C(C1)C(C(=O)O)c1ccc(Br)cc1N2C. The van der Waals surface area contributed by atoms with E-state index in [0.29, 0.717) is 6.04 Å². The molecule has 2 heterocycles. The number of carbonyl (C=O) groups is 1. The Hall–Kier alpha value is -1.07. The first-order chi connectivity index (χ1) is 9.49. The van der Waals surface area contributed by atoms with E-state index in [9.17, 15) is 9.90 Å². The summed E-state index contributed by atoms with van der Waals surface area (Å²) in [5.74, 6) is -0.945. The third-order valence-corrected chi connectivity index (χ3v) is 5.22. The molecule has 4 nitrogen and oxygen atoms in total. The van der Waals surface area contributed by atoms with E-state index in [-0.39, 0.29) is 5.92 Å². The first-order valence-electron chi connectivity index (χ1n) is 6.92. The maximum absolute atomic E-state index is 11.8. The molecule has 5 heteroatoms. The Labute approximate surface area is 127 Å². The van der Waals surface area contributed by atoms with Crippen molar-refractivity contribution in [2.24, 2.45) is 5.92 Å². The van der Waals surface area contributed by atoms with Crippen molar-refractivity contribution in [1.29, 1.82) is 0 Å². The third kappa shape index (κ3) is 2.13. The minimum absolute atomic E-state index is 0.157. The number of fused-ring (bicyclic) bond motifs is 2. The van der Waals surface area contributed by atoms with E-state index in [1.807, 2.05) is 18.2 Å². The van der Waals surface area contributed by atoms with E-state index in [4.69, 9.17) is 0 Å². The van der Waals surface area contributed by atoms with Crippen LogP contribution in [0.3, 0.4) is 0 Å². The molecule has 0 aliphatic carbocycles. The first kappa shape index (κ1) is 13.9. The standard InChI is InChI=1S/C15H19BrN2O2/c1-17-6-5-12-11(8-17)14(15(19)20)10-4-3-9(16)7-13(10)18(12)2/h3-4,7,11-12,14H,5-6,8H2,1-2H3,(H,19,20). The number of nitrogens with zero attached hydrogens (tertiary/aromatic N) is 2. The van der Waals surface area contributed by atoms with E-state index in [0.717, 1.165) is 35.2 Å². The van der Waals surface area contributed by atoms with Crippen LogP contribution in [0.4, 0.5) is 5.69 Å². The van der Waals surface area contributed by atoms with E-state index in [1.54, 1.807) is 0 Å². The molecule has 0 aromatic heterocycles. The number of halogens is 1. The molecule has 1 aromatic rings. The summed E-state index contributed by atoms with van der Waals surface area (Å²) in [6.07, 6.45) is 1.02. The number of benzene rings is 1. The summed E-state index contributed by atoms with van der Waals surface area (Å²) in [6, 6.07) is 6.25. The molecule has 3 rings (SSSR count). The van der Waals surface area contributed by atoms with Gasteiger partial charge in [0.2, 0.25) is 0 Å². The van der Waals surface area contributed by atoms with Crippen molar-refractivity contribution in [2.45, 2.75) is 18.4 Å². The smallest absolute Gasteiger partial charge is 0.311 e. The van der Waals surface area contributed by atoms with E-state index < -0.39 is 11.9 Å². The Morgan fingerprint density at radius 1 is 1.40 bits per heavy atom. The second kappa shape index (κ2) is 5.04. The Morgan fingerprint density at radius 2 is 2.15 bits per heavy atom. The first-order valence-corrected chi connectivity index (χ1v) is 7.72. The van der Waals surface area contributed by atoms with Crippen LogP contribution in [0.2, 0.25) is 0 Å². The van der Waals surface area contributed by atoms with Gasteiger partial charge >= 0.3 is 5.97 Å². The van der Waals surface area contributed by atoms with Gasteiger partial charge in [-0.25, -0.2) is 0 Å². The highest BCUT2D eigenvalue weighted by Gasteiger charge is 2.45. The lowest BCUT2D eigenvalue weighted by molar-refractivity contribution is -0.141. The number of likely N-dealkylation sites (tertiary alicyclic amines) is 1. The Kier molecular flexibility index (Phi) is 3.50.